The average molecular weight is 815 g/mol. The number of H-pyrrole nitrogens is 1. The van der Waals surface area contributed by atoms with E-state index in [4.69, 9.17) is 4.74 Å². The average Bonchev–Trinajstić information content (AvgIpc) is 3.88. The second-order valence-corrected chi connectivity index (χ2v) is 15.4. The van der Waals surface area contributed by atoms with E-state index in [9.17, 15) is 38.7 Å². The van der Waals surface area contributed by atoms with Crippen molar-refractivity contribution in [2.75, 3.05) is 33.3 Å². The zero-order chi connectivity index (χ0) is 42.8. The van der Waals surface area contributed by atoms with Crippen LogP contribution in [-0.4, -0.2) is 114 Å². The van der Waals surface area contributed by atoms with Crippen LogP contribution in [-0.2, 0) is 46.4 Å². The number of carbonyl (C=O) groups is 7. The number of rotatable bonds is 8. The number of aliphatic hydroxyl groups is 1. The number of aliphatic hydroxyl groups excluding tert-OH is 1. The zero-order valence-corrected chi connectivity index (χ0v) is 34.0. The van der Waals surface area contributed by atoms with Crippen LogP contribution in [0.3, 0.4) is 0 Å². The van der Waals surface area contributed by atoms with Gasteiger partial charge in [0.15, 0.2) is 0 Å². The van der Waals surface area contributed by atoms with Gasteiger partial charge in [-0.05, 0) is 73.9 Å². The van der Waals surface area contributed by atoms with E-state index in [0.717, 1.165) is 22.0 Å². The van der Waals surface area contributed by atoms with Crippen molar-refractivity contribution in [2.24, 2.45) is 5.92 Å². The summed E-state index contributed by atoms with van der Waals surface area (Å²) in [7, 11) is 1.51. The molecule has 5 atom stereocenters. The fourth-order valence-corrected chi connectivity index (χ4v) is 7.23. The number of ether oxygens (including phenoxy) is 1. The Morgan fingerprint density at radius 1 is 0.831 bits per heavy atom. The van der Waals surface area contributed by atoms with Crippen molar-refractivity contribution < 1.29 is 43.4 Å². The molecule has 7 amide bonds. The molecule has 17 nitrogen and oxygen atoms in total. The molecule has 0 radical (unpaired) electrons. The quantitative estimate of drug-likeness (QED) is 0.147. The molecule has 0 aliphatic carbocycles. The Kier molecular flexibility index (Phi) is 14.8. The van der Waals surface area contributed by atoms with Gasteiger partial charge >= 0.3 is 0 Å². The summed E-state index contributed by atoms with van der Waals surface area (Å²) in [6.07, 6.45) is 3.37. The molecular formula is C42H54N8O9. The number of benzene rings is 2. The molecule has 8 N–H and O–H groups in total. The minimum Gasteiger partial charge on any atom is -0.496 e. The first kappa shape index (κ1) is 43.9. The van der Waals surface area contributed by atoms with Crippen LogP contribution in [0.25, 0.3) is 10.9 Å². The SMILES string of the molecule is COc1ccc(C(O)C2NC(=O)CNC(=O)C(C(C)C)NC(=O)CNC(=O)C3CCCN3C(=O)C(Cc3c[nH]c4ccccc34)NC(=O)CNC2=O)cc1CC=C(C)C. The smallest absolute Gasteiger partial charge is 0.246 e. The van der Waals surface area contributed by atoms with Crippen LogP contribution >= 0.6 is 0 Å². The molecule has 3 aromatic rings. The van der Waals surface area contributed by atoms with Gasteiger partial charge in [0, 0.05) is 30.1 Å². The van der Waals surface area contributed by atoms with E-state index in [1.54, 1.807) is 38.2 Å². The van der Waals surface area contributed by atoms with Crippen LogP contribution in [0.1, 0.15) is 63.3 Å². The first-order chi connectivity index (χ1) is 28.2. The number of hydrogen-bond donors (Lipinski definition) is 8. The van der Waals surface area contributed by atoms with Gasteiger partial charge in [-0.1, -0.05) is 49.8 Å². The molecule has 5 unspecified atom stereocenters. The Bertz CT molecular complexity index is 2090. The van der Waals surface area contributed by atoms with Crippen LogP contribution < -0.4 is 36.6 Å². The normalized spacial score (nSPS) is 22.2. The highest BCUT2D eigenvalue weighted by Gasteiger charge is 2.39. The number of amides is 7. The molecule has 2 aromatic carbocycles. The molecule has 2 saturated heterocycles. The Morgan fingerprint density at radius 2 is 1.46 bits per heavy atom. The van der Waals surface area contributed by atoms with E-state index < -0.39 is 97.2 Å². The third kappa shape index (κ3) is 11.2. The Hall–Kier alpha value is -6.23. The van der Waals surface area contributed by atoms with Gasteiger partial charge in [-0.2, -0.15) is 0 Å². The van der Waals surface area contributed by atoms with Gasteiger partial charge in [0.25, 0.3) is 0 Å². The summed E-state index contributed by atoms with van der Waals surface area (Å²) in [6, 6.07) is 7.41. The lowest BCUT2D eigenvalue weighted by molar-refractivity contribution is -0.141. The van der Waals surface area contributed by atoms with E-state index >= 15 is 0 Å². The predicted molar refractivity (Wildman–Crippen MR) is 217 cm³/mol. The maximum atomic E-state index is 14.3. The predicted octanol–water partition coefficient (Wildman–Crippen LogP) is 0.425. The minimum atomic E-state index is -1.65. The van der Waals surface area contributed by atoms with Crippen LogP contribution in [0.2, 0.25) is 0 Å². The largest absolute Gasteiger partial charge is 0.496 e. The number of methoxy groups -OCH3 is 1. The highest BCUT2D eigenvalue weighted by molar-refractivity contribution is 5.97. The molecule has 2 fully saturated rings. The van der Waals surface area contributed by atoms with Gasteiger partial charge in [0.05, 0.1) is 26.7 Å². The summed E-state index contributed by atoms with van der Waals surface area (Å²) in [5.41, 5.74) is 3.56. The van der Waals surface area contributed by atoms with E-state index in [1.807, 2.05) is 44.2 Å². The van der Waals surface area contributed by atoms with Crippen molar-refractivity contribution in [3.05, 3.63) is 77.0 Å². The lowest BCUT2D eigenvalue weighted by atomic mass is 9.97. The third-order valence-electron chi connectivity index (χ3n) is 10.4. The van der Waals surface area contributed by atoms with Crippen LogP contribution in [0, 0.1) is 5.92 Å². The summed E-state index contributed by atoms with van der Waals surface area (Å²) < 4.78 is 5.50. The standard InChI is InChI=1S/C42H54N8O9/c1-23(2)12-13-25-17-26(14-15-32(25)59-5)38(54)37-41(57)46-20-33(51)47-30(18-27-19-43-29-10-7-6-9-28(27)29)42(58)50-16-8-11-31(50)39(55)44-21-34(52)48-36(24(3)4)40(56)45-22-35(53)49-37/h6-7,9-10,12,14-15,17,19,24,30-31,36-38,43,54H,8,11,13,16,18,20-22H2,1-5H3,(H,44,55)(H,45,56)(H,46,57)(H,47,51)(H,48,52)(H,49,53). The molecule has 2 aliphatic rings. The molecule has 0 bridgehead atoms. The molecule has 3 heterocycles. The molecule has 0 saturated carbocycles. The molecular weight excluding hydrogens is 761 g/mol. The molecule has 316 valence electrons. The number of nitrogens with one attached hydrogen (secondary N) is 7. The molecule has 17 heteroatoms. The van der Waals surface area contributed by atoms with Crippen molar-refractivity contribution in [1.29, 1.82) is 0 Å². The number of allylic oxidation sites excluding steroid dienone is 2. The fourth-order valence-electron chi connectivity index (χ4n) is 7.23. The van der Waals surface area contributed by atoms with E-state index in [2.05, 4.69) is 36.9 Å². The first-order valence-corrected chi connectivity index (χ1v) is 19.7. The van der Waals surface area contributed by atoms with Gasteiger partial charge in [0.1, 0.15) is 36.0 Å². The van der Waals surface area contributed by atoms with Crippen molar-refractivity contribution in [1.82, 2.24) is 41.8 Å². The Morgan fingerprint density at radius 3 is 2.12 bits per heavy atom. The van der Waals surface area contributed by atoms with Gasteiger partial charge in [-0.15, -0.1) is 0 Å². The van der Waals surface area contributed by atoms with Crippen LogP contribution in [0.15, 0.2) is 60.3 Å². The van der Waals surface area contributed by atoms with E-state index in [1.165, 1.54) is 12.0 Å². The maximum Gasteiger partial charge on any atom is 0.246 e. The minimum absolute atomic E-state index is 0.0390. The van der Waals surface area contributed by atoms with Gasteiger partial charge in [-0.3, -0.25) is 33.6 Å². The third-order valence-corrected chi connectivity index (χ3v) is 10.4. The van der Waals surface area contributed by atoms with Crippen LogP contribution in [0.5, 0.6) is 5.75 Å². The highest BCUT2D eigenvalue weighted by Crippen LogP contribution is 2.27. The van der Waals surface area contributed by atoms with E-state index in [-0.39, 0.29) is 18.5 Å². The second kappa shape index (κ2) is 20.0. The zero-order valence-electron chi connectivity index (χ0n) is 34.0. The number of hydrogen-bond acceptors (Lipinski definition) is 9. The van der Waals surface area contributed by atoms with Crippen molar-refractivity contribution >= 4 is 52.3 Å². The summed E-state index contributed by atoms with van der Waals surface area (Å²) in [5, 5.41) is 27.8. The fraction of sp³-hybridized carbons (Fsp3) is 0.452. The number of carbonyl (C=O) groups excluding carboxylic acids is 7. The summed E-state index contributed by atoms with van der Waals surface area (Å²) in [5.74, 6) is -4.91. The monoisotopic (exact) mass is 814 g/mol. The summed E-state index contributed by atoms with van der Waals surface area (Å²) in [4.78, 5) is 99.4. The van der Waals surface area contributed by atoms with Crippen molar-refractivity contribution in [3.8, 4) is 5.75 Å². The van der Waals surface area contributed by atoms with Crippen LogP contribution in [0.4, 0.5) is 0 Å². The number of fused-ring (bicyclic) bond motifs is 2. The number of aromatic nitrogens is 1. The molecule has 59 heavy (non-hydrogen) atoms. The second-order valence-electron chi connectivity index (χ2n) is 15.4. The van der Waals surface area contributed by atoms with Gasteiger partial charge < -0.3 is 51.6 Å². The Labute approximate surface area is 342 Å². The lowest BCUT2D eigenvalue weighted by Crippen LogP contribution is -2.56. The molecule has 0 spiro atoms. The van der Waals surface area contributed by atoms with Gasteiger partial charge in [-0.25, -0.2) is 0 Å². The summed E-state index contributed by atoms with van der Waals surface area (Å²) >= 11 is 0. The lowest BCUT2D eigenvalue weighted by Gasteiger charge is -2.29. The first-order valence-electron chi connectivity index (χ1n) is 19.7. The molecule has 5 rings (SSSR count). The highest BCUT2D eigenvalue weighted by atomic mass is 16.5. The van der Waals surface area contributed by atoms with Crippen molar-refractivity contribution in [3.63, 3.8) is 0 Å². The Balaban J connectivity index is 1.46. The maximum absolute atomic E-state index is 14.3. The summed E-state index contributed by atoms with van der Waals surface area (Å²) in [6.45, 7) is 5.70. The molecule has 2 aliphatic heterocycles. The number of nitrogens with zero attached hydrogens (tertiary/aromatic N) is 1. The topological polar surface area (TPSA) is 240 Å². The van der Waals surface area contributed by atoms with E-state index in [0.29, 0.717) is 30.6 Å². The van der Waals surface area contributed by atoms with Gasteiger partial charge in [0.2, 0.25) is 41.4 Å². The molecule has 1 aromatic heterocycles. The van der Waals surface area contributed by atoms with Crippen molar-refractivity contribution in [2.45, 2.75) is 83.6 Å². The number of para-hydroxylation sites is 1. The number of aromatic amines is 1.